The molecule has 0 aliphatic carbocycles. The highest BCUT2D eigenvalue weighted by Gasteiger charge is 2.14. The second-order valence-electron chi connectivity index (χ2n) is 6.38. The first-order valence-corrected chi connectivity index (χ1v) is 10.2. The third kappa shape index (κ3) is 12.5. The summed E-state index contributed by atoms with van der Waals surface area (Å²) in [7, 11) is 0. The summed E-state index contributed by atoms with van der Waals surface area (Å²) in [5.41, 5.74) is 1.40. The Morgan fingerprint density at radius 1 is 0.880 bits per heavy atom. The van der Waals surface area contributed by atoms with Crippen molar-refractivity contribution in [1.82, 2.24) is 0 Å². The van der Waals surface area contributed by atoms with Crippen molar-refractivity contribution in [3.8, 4) is 0 Å². The molecule has 0 amide bonds. The molecule has 4 nitrogen and oxygen atoms in total. The normalized spacial score (nSPS) is 12.0. The Morgan fingerprint density at radius 2 is 1.52 bits per heavy atom. The number of hydrogen-bond donors (Lipinski definition) is 2. The van der Waals surface area contributed by atoms with Crippen LogP contribution in [0.15, 0.2) is 30.3 Å². The zero-order valence-electron chi connectivity index (χ0n) is 14.9. The van der Waals surface area contributed by atoms with Gasteiger partial charge in [-0.05, 0) is 24.8 Å². The van der Waals surface area contributed by atoms with Crippen LogP contribution in [-0.2, 0) is 16.0 Å². The summed E-state index contributed by atoms with van der Waals surface area (Å²) < 4.78 is 0. The molecule has 0 radical (unpaired) electrons. The maximum atomic E-state index is 10.9. The summed E-state index contributed by atoms with van der Waals surface area (Å²) in [6.45, 7) is 0. The number of thioether (sulfide) groups is 1. The van der Waals surface area contributed by atoms with Crippen molar-refractivity contribution in [3.05, 3.63) is 35.9 Å². The van der Waals surface area contributed by atoms with E-state index in [-0.39, 0.29) is 18.1 Å². The maximum Gasteiger partial charge on any atom is 0.304 e. The van der Waals surface area contributed by atoms with E-state index in [0.29, 0.717) is 5.75 Å². The monoisotopic (exact) mass is 366 g/mol. The molecule has 2 N–H and O–H groups in total. The molecule has 140 valence electrons. The first-order chi connectivity index (χ1) is 12.1. The van der Waals surface area contributed by atoms with Crippen LogP contribution < -0.4 is 0 Å². The molecular formula is C20H30O4S. The van der Waals surface area contributed by atoms with Crippen LogP contribution in [0, 0.1) is 0 Å². The Balaban J connectivity index is 2.04. The van der Waals surface area contributed by atoms with Gasteiger partial charge in [0.05, 0.1) is 12.8 Å². The lowest BCUT2D eigenvalue weighted by Gasteiger charge is -2.13. The SMILES string of the molecule is O=C(O)CCS[C@@H](CCCCCCCCc1ccccc1)CC(=O)O. The highest BCUT2D eigenvalue weighted by atomic mass is 32.2. The first kappa shape index (κ1) is 21.6. The van der Waals surface area contributed by atoms with Crippen molar-refractivity contribution in [2.45, 2.75) is 69.5 Å². The Kier molecular flexibility index (Phi) is 11.9. The standard InChI is InChI=1S/C20H30O4S/c21-19(22)14-15-25-18(16-20(23)24)13-9-4-2-1-3-6-10-17-11-7-5-8-12-17/h5,7-8,11-12,18H,1-4,6,9-10,13-16H2,(H,21,22)(H,23,24)/t18-/m0/s1. The van der Waals surface area contributed by atoms with Crippen molar-refractivity contribution < 1.29 is 19.8 Å². The molecule has 0 unspecified atom stereocenters. The molecule has 0 saturated carbocycles. The number of carbonyl (C=O) groups is 2. The van der Waals surface area contributed by atoms with Crippen LogP contribution in [0.25, 0.3) is 0 Å². The van der Waals surface area contributed by atoms with E-state index >= 15 is 0 Å². The Morgan fingerprint density at radius 3 is 2.16 bits per heavy atom. The van der Waals surface area contributed by atoms with E-state index in [1.165, 1.54) is 43.0 Å². The second kappa shape index (κ2) is 13.8. The Labute approximate surface area is 155 Å². The predicted octanol–water partition coefficient (Wildman–Crippen LogP) is 5.01. The molecule has 0 aromatic heterocycles. The second-order valence-corrected chi connectivity index (χ2v) is 7.79. The molecule has 1 aromatic rings. The van der Waals surface area contributed by atoms with E-state index in [1.807, 2.05) is 6.07 Å². The largest absolute Gasteiger partial charge is 0.481 e. The molecule has 0 aliphatic heterocycles. The van der Waals surface area contributed by atoms with Crippen LogP contribution >= 0.6 is 11.8 Å². The van der Waals surface area contributed by atoms with Crippen LogP contribution in [0.4, 0.5) is 0 Å². The fourth-order valence-electron chi connectivity index (χ4n) is 2.80. The van der Waals surface area contributed by atoms with E-state index in [2.05, 4.69) is 24.3 Å². The van der Waals surface area contributed by atoms with E-state index in [0.717, 1.165) is 25.7 Å². The van der Waals surface area contributed by atoms with Gasteiger partial charge in [0.25, 0.3) is 0 Å². The molecule has 0 saturated heterocycles. The van der Waals surface area contributed by atoms with E-state index in [4.69, 9.17) is 10.2 Å². The van der Waals surface area contributed by atoms with Gasteiger partial charge in [-0.1, -0.05) is 62.4 Å². The summed E-state index contributed by atoms with van der Waals surface area (Å²) in [5.74, 6) is -1.13. The first-order valence-electron chi connectivity index (χ1n) is 9.17. The molecule has 0 heterocycles. The van der Waals surface area contributed by atoms with Gasteiger partial charge < -0.3 is 10.2 Å². The minimum absolute atomic E-state index is 0.0370. The van der Waals surface area contributed by atoms with Crippen LogP contribution in [0.2, 0.25) is 0 Å². The number of hydrogen-bond acceptors (Lipinski definition) is 3. The summed E-state index contributed by atoms with van der Waals surface area (Å²) >= 11 is 1.49. The topological polar surface area (TPSA) is 74.6 Å². The van der Waals surface area contributed by atoms with E-state index < -0.39 is 11.9 Å². The van der Waals surface area contributed by atoms with Crippen molar-refractivity contribution in [1.29, 1.82) is 0 Å². The average molecular weight is 367 g/mol. The molecule has 0 spiro atoms. The summed E-state index contributed by atoms with van der Waals surface area (Å²) in [4.78, 5) is 21.5. The van der Waals surface area contributed by atoms with Crippen molar-refractivity contribution in [2.75, 3.05) is 5.75 Å². The summed E-state index contributed by atoms with van der Waals surface area (Å²) in [6.07, 6.45) is 9.25. The lowest BCUT2D eigenvalue weighted by molar-refractivity contribution is -0.137. The number of aryl methyl sites for hydroxylation is 1. The van der Waals surface area contributed by atoms with Crippen LogP contribution in [0.5, 0.6) is 0 Å². The molecule has 0 aliphatic rings. The van der Waals surface area contributed by atoms with Crippen LogP contribution in [0.3, 0.4) is 0 Å². The molecular weight excluding hydrogens is 336 g/mol. The summed E-state index contributed by atoms with van der Waals surface area (Å²) in [6, 6.07) is 10.5. The number of unbranched alkanes of at least 4 members (excludes halogenated alkanes) is 5. The van der Waals surface area contributed by atoms with Crippen molar-refractivity contribution in [2.24, 2.45) is 0 Å². The molecule has 5 heteroatoms. The van der Waals surface area contributed by atoms with Gasteiger partial charge in [-0.3, -0.25) is 9.59 Å². The molecule has 1 atom stereocenters. The Bertz CT molecular complexity index is 490. The fraction of sp³-hybridized carbons (Fsp3) is 0.600. The zero-order chi connectivity index (χ0) is 18.3. The third-order valence-corrected chi connectivity index (χ3v) is 5.47. The van der Waals surface area contributed by atoms with E-state index in [1.54, 1.807) is 0 Å². The maximum absolute atomic E-state index is 10.9. The number of rotatable bonds is 15. The van der Waals surface area contributed by atoms with E-state index in [9.17, 15) is 9.59 Å². The number of aliphatic carboxylic acids is 2. The smallest absolute Gasteiger partial charge is 0.304 e. The van der Waals surface area contributed by atoms with Gasteiger partial charge in [0.15, 0.2) is 0 Å². The highest BCUT2D eigenvalue weighted by Crippen LogP contribution is 2.22. The number of carboxylic acid groups (broad SMARTS) is 2. The third-order valence-electron chi connectivity index (χ3n) is 4.16. The van der Waals surface area contributed by atoms with Gasteiger partial charge in [-0.2, -0.15) is 11.8 Å². The Hall–Kier alpha value is -1.49. The fourth-order valence-corrected chi connectivity index (χ4v) is 4.02. The lowest BCUT2D eigenvalue weighted by Crippen LogP contribution is -2.11. The van der Waals surface area contributed by atoms with Gasteiger partial charge in [0, 0.05) is 11.0 Å². The molecule has 0 bridgehead atoms. The van der Waals surface area contributed by atoms with Gasteiger partial charge >= 0.3 is 11.9 Å². The van der Waals surface area contributed by atoms with Gasteiger partial charge in [-0.15, -0.1) is 0 Å². The zero-order valence-corrected chi connectivity index (χ0v) is 15.7. The van der Waals surface area contributed by atoms with Crippen LogP contribution in [-0.4, -0.2) is 33.2 Å². The number of benzene rings is 1. The highest BCUT2D eigenvalue weighted by molar-refractivity contribution is 7.99. The lowest BCUT2D eigenvalue weighted by atomic mass is 10.0. The average Bonchev–Trinajstić information content (AvgIpc) is 2.57. The molecule has 1 aromatic carbocycles. The number of carboxylic acids is 2. The minimum atomic E-state index is -0.822. The quantitative estimate of drug-likeness (QED) is 0.427. The molecule has 0 fully saturated rings. The van der Waals surface area contributed by atoms with Gasteiger partial charge in [0.2, 0.25) is 0 Å². The molecule has 25 heavy (non-hydrogen) atoms. The van der Waals surface area contributed by atoms with Crippen molar-refractivity contribution >= 4 is 23.7 Å². The van der Waals surface area contributed by atoms with Crippen molar-refractivity contribution in [3.63, 3.8) is 0 Å². The molecule has 1 rings (SSSR count). The van der Waals surface area contributed by atoms with Gasteiger partial charge in [0.1, 0.15) is 0 Å². The minimum Gasteiger partial charge on any atom is -0.481 e. The predicted molar refractivity (Wildman–Crippen MR) is 103 cm³/mol. The summed E-state index contributed by atoms with van der Waals surface area (Å²) in [5, 5.41) is 17.7. The van der Waals surface area contributed by atoms with Gasteiger partial charge in [-0.25, -0.2) is 0 Å². The van der Waals surface area contributed by atoms with Crippen LogP contribution in [0.1, 0.15) is 63.4 Å².